The lowest BCUT2D eigenvalue weighted by atomic mass is 10.1. The van der Waals surface area contributed by atoms with Crippen LogP contribution in [0.2, 0.25) is 0 Å². The summed E-state index contributed by atoms with van der Waals surface area (Å²) in [7, 11) is 0. The minimum absolute atomic E-state index is 0. The second-order valence-electron chi connectivity index (χ2n) is 6.38. The van der Waals surface area contributed by atoms with Crippen LogP contribution >= 0.6 is 11.3 Å². The molecule has 2 aliphatic rings. The van der Waals surface area contributed by atoms with Crippen LogP contribution in [0.4, 0.5) is 5.69 Å². The van der Waals surface area contributed by atoms with E-state index in [1.807, 2.05) is 11.3 Å². The molecule has 2 aromatic rings. The van der Waals surface area contributed by atoms with Crippen molar-refractivity contribution < 1.29 is 17.4 Å². The van der Waals surface area contributed by atoms with Gasteiger partial charge in [-0.05, 0) is 45.0 Å². The van der Waals surface area contributed by atoms with Gasteiger partial charge in [0.05, 0.1) is 26.2 Å². The number of anilines is 1. The molecule has 0 amide bonds. The Morgan fingerprint density at radius 3 is 2.41 bits per heavy atom. The van der Waals surface area contributed by atoms with Gasteiger partial charge >= 0.3 is 0 Å². The maximum atomic E-state index is 5.07. The van der Waals surface area contributed by atoms with E-state index in [-0.39, 0.29) is 12.4 Å². The molecular formula is C22H24ClN3S. The first kappa shape index (κ1) is 19.6. The summed E-state index contributed by atoms with van der Waals surface area (Å²) in [6.45, 7) is 9.45. The smallest absolute Gasteiger partial charge is 0.207 e. The van der Waals surface area contributed by atoms with E-state index in [4.69, 9.17) is 4.98 Å². The normalized spacial score (nSPS) is 11.9. The van der Waals surface area contributed by atoms with Crippen molar-refractivity contribution in [2.45, 2.75) is 20.8 Å². The zero-order valence-corrected chi connectivity index (χ0v) is 17.5. The average Bonchev–Trinajstić information content (AvgIpc) is 2.68. The van der Waals surface area contributed by atoms with Crippen LogP contribution in [0.3, 0.4) is 0 Å². The van der Waals surface area contributed by atoms with Gasteiger partial charge in [-0.25, -0.2) is 9.98 Å². The maximum Gasteiger partial charge on any atom is 0.207 e. The van der Waals surface area contributed by atoms with Gasteiger partial charge in [0.25, 0.3) is 0 Å². The molecule has 0 bridgehead atoms. The molecule has 0 fully saturated rings. The zero-order valence-electron chi connectivity index (χ0n) is 15.9. The van der Waals surface area contributed by atoms with Gasteiger partial charge in [-0.15, -0.1) is 11.3 Å². The number of hydrogen-bond donors (Lipinski definition) is 1. The molecule has 2 aromatic carbocycles. The van der Waals surface area contributed by atoms with Crippen molar-refractivity contribution in [3.8, 4) is 10.6 Å². The summed E-state index contributed by atoms with van der Waals surface area (Å²) in [6.07, 6.45) is 0. The van der Waals surface area contributed by atoms with Gasteiger partial charge in [-0.1, -0.05) is 18.2 Å². The Labute approximate surface area is 170 Å². The van der Waals surface area contributed by atoms with Crippen LogP contribution in [-0.2, 0) is 0 Å². The highest BCUT2D eigenvalue weighted by atomic mass is 35.5. The molecule has 1 N–H and O–H groups in total. The molecule has 0 radical (unpaired) electrons. The second-order valence-corrected chi connectivity index (χ2v) is 7.47. The standard InChI is InChI=1S/C22H23N3S.ClH/c1-4-23-18-14-21-22(17-10-8-7-9-16(17)18)24-19-13-15(25(5-2)6-3)11-12-20(19)26-21;/h7-14H,4-6H2,1-3H3;1H. The molecule has 0 aromatic heterocycles. The first-order valence-electron chi connectivity index (χ1n) is 9.33. The van der Waals surface area contributed by atoms with Crippen molar-refractivity contribution in [2.24, 2.45) is 0 Å². The Balaban J connectivity index is 0.00000210. The van der Waals surface area contributed by atoms with Crippen molar-refractivity contribution in [1.29, 1.82) is 0 Å². The number of halogens is 1. The van der Waals surface area contributed by atoms with Crippen LogP contribution in [0.25, 0.3) is 31.6 Å². The SMILES string of the molecule is CC[NH+]=c1cc2sc3ccc(N(CC)CC)cc3nc-2c2ccccc12.[Cl-]. The van der Waals surface area contributed by atoms with Gasteiger partial charge in [0, 0.05) is 30.2 Å². The molecule has 0 atom stereocenters. The molecule has 1 heterocycles. The van der Waals surface area contributed by atoms with Gasteiger partial charge in [-0.3, -0.25) is 0 Å². The molecule has 0 saturated heterocycles. The molecule has 3 nitrogen and oxygen atoms in total. The number of nitrogens with one attached hydrogen (secondary N) is 1. The minimum Gasteiger partial charge on any atom is -1.00 e. The third kappa shape index (κ3) is 3.52. The summed E-state index contributed by atoms with van der Waals surface area (Å²) >= 11 is 1.82. The monoisotopic (exact) mass is 397 g/mol. The van der Waals surface area contributed by atoms with E-state index in [1.165, 1.54) is 31.4 Å². The highest BCUT2D eigenvalue weighted by Gasteiger charge is 2.15. The number of nitrogens with zero attached hydrogens (tertiary/aromatic N) is 2. The first-order chi connectivity index (χ1) is 12.7. The Kier molecular flexibility index (Phi) is 5.98. The van der Waals surface area contributed by atoms with E-state index in [0.29, 0.717) is 0 Å². The molecular weight excluding hydrogens is 374 g/mol. The van der Waals surface area contributed by atoms with Gasteiger partial charge in [0.1, 0.15) is 6.54 Å². The maximum absolute atomic E-state index is 5.07. The molecule has 0 saturated carbocycles. The van der Waals surface area contributed by atoms with Gasteiger partial charge in [0.15, 0.2) is 0 Å². The second kappa shape index (κ2) is 8.24. The van der Waals surface area contributed by atoms with Crippen LogP contribution in [-0.4, -0.2) is 24.6 Å². The number of fused-ring (bicyclic) bond motifs is 4. The summed E-state index contributed by atoms with van der Waals surface area (Å²) < 4.78 is 1.23. The van der Waals surface area contributed by atoms with Crippen molar-refractivity contribution >= 4 is 38.0 Å². The topological polar surface area (TPSA) is 30.1 Å². The average molecular weight is 398 g/mol. The van der Waals surface area contributed by atoms with Crippen LogP contribution < -0.4 is 27.7 Å². The van der Waals surface area contributed by atoms with E-state index in [0.717, 1.165) is 30.8 Å². The Hall–Kier alpha value is -2.17. The summed E-state index contributed by atoms with van der Waals surface area (Å²) in [4.78, 5) is 12.2. The van der Waals surface area contributed by atoms with E-state index in [2.05, 4.69) is 79.2 Å². The molecule has 1 aliphatic heterocycles. The highest BCUT2D eigenvalue weighted by Crippen LogP contribution is 2.35. The molecule has 0 unspecified atom stereocenters. The lowest BCUT2D eigenvalue weighted by Crippen LogP contribution is -3.00. The van der Waals surface area contributed by atoms with Gasteiger partial charge < -0.3 is 17.3 Å². The molecule has 140 valence electrons. The highest BCUT2D eigenvalue weighted by molar-refractivity contribution is 7.21. The molecule has 5 heteroatoms. The molecule has 1 aliphatic carbocycles. The van der Waals surface area contributed by atoms with E-state index in [1.54, 1.807) is 0 Å². The van der Waals surface area contributed by atoms with Crippen LogP contribution in [0.5, 0.6) is 0 Å². The third-order valence-corrected chi connectivity index (χ3v) is 5.97. The summed E-state index contributed by atoms with van der Waals surface area (Å²) in [5.41, 5.74) is 3.42. The Morgan fingerprint density at radius 2 is 1.70 bits per heavy atom. The number of hydrogen-bond acceptors (Lipinski definition) is 3. The fourth-order valence-electron chi connectivity index (χ4n) is 3.57. The predicted octanol–water partition coefficient (Wildman–Crippen LogP) is 0.406. The Morgan fingerprint density at radius 1 is 0.963 bits per heavy atom. The molecule has 27 heavy (non-hydrogen) atoms. The van der Waals surface area contributed by atoms with Crippen LogP contribution in [0.1, 0.15) is 20.8 Å². The van der Waals surface area contributed by atoms with Crippen molar-refractivity contribution in [2.75, 3.05) is 24.5 Å². The lowest BCUT2D eigenvalue weighted by molar-refractivity contribution is -0.494. The Bertz CT molecular complexity index is 1120. The number of aromatic nitrogens is 1. The fraction of sp³-hybridized carbons (Fsp3) is 0.273. The third-order valence-electron chi connectivity index (χ3n) is 4.87. The van der Waals surface area contributed by atoms with E-state index < -0.39 is 0 Å². The number of rotatable bonds is 4. The minimum atomic E-state index is 0. The first-order valence-corrected chi connectivity index (χ1v) is 10.1. The van der Waals surface area contributed by atoms with Crippen molar-refractivity contribution in [1.82, 2.24) is 4.98 Å². The van der Waals surface area contributed by atoms with Gasteiger partial charge in [-0.2, -0.15) is 0 Å². The summed E-state index contributed by atoms with van der Waals surface area (Å²) in [5, 5.41) is 3.64. The summed E-state index contributed by atoms with van der Waals surface area (Å²) in [6, 6.07) is 17.4. The predicted molar refractivity (Wildman–Crippen MR) is 112 cm³/mol. The fourth-order valence-corrected chi connectivity index (χ4v) is 4.58. The van der Waals surface area contributed by atoms with Crippen LogP contribution in [0, 0.1) is 0 Å². The summed E-state index contributed by atoms with van der Waals surface area (Å²) in [5.74, 6) is 0. The lowest BCUT2D eigenvalue weighted by Gasteiger charge is -2.21. The quantitative estimate of drug-likeness (QED) is 0.399. The number of benzene rings is 3. The van der Waals surface area contributed by atoms with E-state index >= 15 is 0 Å². The zero-order chi connectivity index (χ0) is 18.1. The van der Waals surface area contributed by atoms with E-state index in [9.17, 15) is 0 Å². The van der Waals surface area contributed by atoms with Crippen LogP contribution in [0.15, 0.2) is 48.5 Å². The van der Waals surface area contributed by atoms with Gasteiger partial charge in [0.2, 0.25) is 5.36 Å². The molecule has 4 rings (SSSR count). The van der Waals surface area contributed by atoms with Crippen molar-refractivity contribution in [3.63, 3.8) is 0 Å². The largest absolute Gasteiger partial charge is 1.00 e. The molecule has 0 spiro atoms. The van der Waals surface area contributed by atoms with Crippen molar-refractivity contribution in [3.05, 3.63) is 53.9 Å².